The van der Waals surface area contributed by atoms with Crippen LogP contribution in [0.25, 0.3) is 0 Å². The van der Waals surface area contributed by atoms with E-state index in [1.54, 1.807) is 7.11 Å². The molecule has 1 aliphatic rings. The first kappa shape index (κ1) is 15.0. The fourth-order valence-corrected chi connectivity index (χ4v) is 2.76. The Hall–Kier alpha value is -1.39. The number of nitrogens with two attached hydrogens (primary N) is 1. The van der Waals surface area contributed by atoms with Crippen LogP contribution in [0.1, 0.15) is 30.7 Å². The molecule has 1 saturated heterocycles. The van der Waals surface area contributed by atoms with Gasteiger partial charge in [0.1, 0.15) is 0 Å². The maximum atomic E-state index is 12.3. The van der Waals surface area contributed by atoms with Gasteiger partial charge < -0.3 is 15.4 Å². The van der Waals surface area contributed by atoms with Gasteiger partial charge in [-0.05, 0) is 24.8 Å². The number of nitrogens with zero attached hydrogens (tertiary/aromatic N) is 1. The molecule has 0 radical (unpaired) electrons. The Balaban J connectivity index is 1.84. The lowest BCUT2D eigenvalue weighted by Gasteiger charge is -2.21. The number of hydrogen-bond donors (Lipinski definition) is 1. The second-order valence-corrected chi connectivity index (χ2v) is 5.42. The molecule has 20 heavy (non-hydrogen) atoms. The van der Waals surface area contributed by atoms with Crippen molar-refractivity contribution in [2.75, 3.05) is 26.8 Å². The summed E-state index contributed by atoms with van der Waals surface area (Å²) in [6.07, 6.45) is 2.55. The molecule has 0 aliphatic carbocycles. The molecule has 2 atom stereocenters. The molecular weight excluding hydrogens is 252 g/mol. The average Bonchev–Trinajstić information content (AvgIpc) is 2.97. The Kier molecular flexibility index (Phi) is 5.56. The van der Waals surface area contributed by atoms with Gasteiger partial charge in [-0.15, -0.1) is 0 Å². The van der Waals surface area contributed by atoms with Crippen LogP contribution in [0.15, 0.2) is 30.3 Å². The maximum Gasteiger partial charge on any atom is 0.239 e. The van der Waals surface area contributed by atoms with Crippen LogP contribution in [-0.2, 0) is 9.53 Å². The number of hydrogen-bond acceptors (Lipinski definition) is 3. The molecule has 2 unspecified atom stereocenters. The van der Waals surface area contributed by atoms with Gasteiger partial charge >= 0.3 is 0 Å². The topological polar surface area (TPSA) is 55.6 Å². The van der Waals surface area contributed by atoms with E-state index in [1.165, 1.54) is 5.56 Å². The van der Waals surface area contributed by atoms with Crippen LogP contribution in [0.2, 0.25) is 0 Å². The average molecular weight is 276 g/mol. The number of likely N-dealkylation sites (tertiary alicyclic amines) is 1. The van der Waals surface area contributed by atoms with E-state index in [1.807, 2.05) is 11.0 Å². The summed E-state index contributed by atoms with van der Waals surface area (Å²) in [5, 5.41) is 0. The summed E-state index contributed by atoms with van der Waals surface area (Å²) in [6.45, 7) is 2.27. The highest BCUT2D eigenvalue weighted by atomic mass is 16.5. The fraction of sp³-hybridized carbons (Fsp3) is 0.562. The molecule has 0 aromatic heterocycles. The number of methoxy groups -OCH3 is 1. The fourth-order valence-electron chi connectivity index (χ4n) is 2.76. The lowest BCUT2D eigenvalue weighted by atomic mass is 9.99. The molecule has 0 spiro atoms. The standard InChI is InChI=1S/C16H24N2O2/c1-20-11-5-8-15(17)16(19)18-10-9-14(12-18)13-6-3-2-4-7-13/h2-4,6-7,14-15H,5,8-12,17H2,1H3. The van der Waals surface area contributed by atoms with Gasteiger partial charge in [0.25, 0.3) is 0 Å². The van der Waals surface area contributed by atoms with Crippen LogP contribution in [0.3, 0.4) is 0 Å². The van der Waals surface area contributed by atoms with Crippen LogP contribution < -0.4 is 5.73 Å². The molecule has 1 amide bonds. The maximum absolute atomic E-state index is 12.3. The minimum atomic E-state index is -0.389. The van der Waals surface area contributed by atoms with Gasteiger partial charge in [-0.1, -0.05) is 30.3 Å². The third-order valence-electron chi connectivity index (χ3n) is 3.95. The summed E-state index contributed by atoms with van der Waals surface area (Å²) in [6, 6.07) is 10.0. The summed E-state index contributed by atoms with van der Waals surface area (Å²) in [5.74, 6) is 0.533. The monoisotopic (exact) mass is 276 g/mol. The van der Waals surface area contributed by atoms with Crippen molar-refractivity contribution in [2.45, 2.75) is 31.2 Å². The molecular formula is C16H24N2O2. The first-order valence-electron chi connectivity index (χ1n) is 7.30. The molecule has 4 nitrogen and oxygen atoms in total. The highest BCUT2D eigenvalue weighted by Gasteiger charge is 2.29. The van der Waals surface area contributed by atoms with Crippen molar-refractivity contribution >= 4 is 5.91 Å². The SMILES string of the molecule is COCCCC(N)C(=O)N1CCC(c2ccccc2)C1. The number of rotatable bonds is 6. The van der Waals surface area contributed by atoms with Gasteiger partial charge in [-0.3, -0.25) is 4.79 Å². The Bertz CT molecular complexity index is 422. The molecule has 1 aromatic rings. The molecule has 2 N–H and O–H groups in total. The van der Waals surface area contributed by atoms with Gasteiger partial charge in [-0.2, -0.15) is 0 Å². The van der Waals surface area contributed by atoms with Crippen molar-refractivity contribution in [1.29, 1.82) is 0 Å². The first-order valence-corrected chi connectivity index (χ1v) is 7.30. The number of benzene rings is 1. The van der Waals surface area contributed by atoms with E-state index >= 15 is 0 Å². The Morgan fingerprint density at radius 3 is 2.90 bits per heavy atom. The van der Waals surface area contributed by atoms with Gasteiger partial charge in [0.05, 0.1) is 6.04 Å². The number of carbonyl (C=O) groups is 1. The van der Waals surface area contributed by atoms with Crippen molar-refractivity contribution in [2.24, 2.45) is 5.73 Å². The lowest BCUT2D eigenvalue weighted by molar-refractivity contribution is -0.131. The van der Waals surface area contributed by atoms with Crippen LogP contribution in [0.4, 0.5) is 0 Å². The predicted octanol–water partition coefficient (Wildman–Crippen LogP) is 1.76. The minimum absolute atomic E-state index is 0.0829. The quantitative estimate of drug-likeness (QED) is 0.805. The molecule has 1 aliphatic heterocycles. The summed E-state index contributed by atoms with van der Waals surface area (Å²) in [4.78, 5) is 14.2. The first-order chi connectivity index (χ1) is 9.72. The number of amides is 1. The zero-order chi connectivity index (χ0) is 14.4. The second-order valence-electron chi connectivity index (χ2n) is 5.42. The number of carbonyl (C=O) groups excluding carboxylic acids is 1. The van der Waals surface area contributed by atoms with E-state index < -0.39 is 0 Å². The van der Waals surface area contributed by atoms with Gasteiger partial charge in [0.2, 0.25) is 5.91 Å². The smallest absolute Gasteiger partial charge is 0.239 e. The molecule has 110 valence electrons. The van der Waals surface area contributed by atoms with E-state index in [0.717, 1.165) is 25.9 Å². The Morgan fingerprint density at radius 2 is 2.20 bits per heavy atom. The highest BCUT2D eigenvalue weighted by molar-refractivity contribution is 5.82. The molecule has 1 heterocycles. The van der Waals surface area contributed by atoms with Crippen molar-refractivity contribution in [3.8, 4) is 0 Å². The van der Waals surface area contributed by atoms with E-state index in [0.29, 0.717) is 18.9 Å². The molecule has 1 fully saturated rings. The second kappa shape index (κ2) is 7.41. The largest absolute Gasteiger partial charge is 0.385 e. The summed E-state index contributed by atoms with van der Waals surface area (Å²) in [7, 11) is 1.66. The van der Waals surface area contributed by atoms with Crippen LogP contribution in [-0.4, -0.2) is 43.7 Å². The van der Waals surface area contributed by atoms with Gasteiger partial charge in [0, 0.05) is 32.7 Å². The predicted molar refractivity (Wildman–Crippen MR) is 79.5 cm³/mol. The minimum Gasteiger partial charge on any atom is -0.385 e. The number of ether oxygens (including phenoxy) is 1. The zero-order valence-corrected chi connectivity index (χ0v) is 12.1. The normalized spacial score (nSPS) is 20.1. The van der Waals surface area contributed by atoms with Crippen molar-refractivity contribution < 1.29 is 9.53 Å². The third-order valence-corrected chi connectivity index (χ3v) is 3.95. The summed E-state index contributed by atoms with van der Waals surface area (Å²) in [5.41, 5.74) is 7.29. The molecule has 1 aromatic carbocycles. The molecule has 2 rings (SSSR count). The van der Waals surface area contributed by atoms with Gasteiger partial charge in [0.15, 0.2) is 0 Å². The van der Waals surface area contributed by atoms with Crippen molar-refractivity contribution in [1.82, 2.24) is 4.90 Å². The van der Waals surface area contributed by atoms with Gasteiger partial charge in [-0.25, -0.2) is 0 Å². The summed E-state index contributed by atoms with van der Waals surface area (Å²) < 4.78 is 4.99. The zero-order valence-electron chi connectivity index (χ0n) is 12.1. The Labute approximate surface area is 120 Å². The lowest BCUT2D eigenvalue weighted by Crippen LogP contribution is -2.42. The van der Waals surface area contributed by atoms with Crippen LogP contribution in [0, 0.1) is 0 Å². The molecule has 4 heteroatoms. The Morgan fingerprint density at radius 1 is 1.45 bits per heavy atom. The van der Waals surface area contributed by atoms with Crippen molar-refractivity contribution in [3.63, 3.8) is 0 Å². The highest BCUT2D eigenvalue weighted by Crippen LogP contribution is 2.27. The molecule has 0 saturated carbocycles. The van der Waals surface area contributed by atoms with E-state index in [-0.39, 0.29) is 11.9 Å². The molecule has 0 bridgehead atoms. The summed E-state index contributed by atoms with van der Waals surface area (Å²) >= 11 is 0. The van der Waals surface area contributed by atoms with E-state index in [4.69, 9.17) is 10.5 Å². The van der Waals surface area contributed by atoms with E-state index in [9.17, 15) is 4.79 Å². The van der Waals surface area contributed by atoms with E-state index in [2.05, 4.69) is 24.3 Å². The van der Waals surface area contributed by atoms with Crippen LogP contribution in [0.5, 0.6) is 0 Å². The third kappa shape index (κ3) is 3.81. The van der Waals surface area contributed by atoms with Crippen molar-refractivity contribution in [3.05, 3.63) is 35.9 Å². The van der Waals surface area contributed by atoms with Crippen LogP contribution >= 0.6 is 0 Å².